The van der Waals surface area contributed by atoms with Crippen LogP contribution in [0.5, 0.6) is 0 Å². The van der Waals surface area contributed by atoms with Gasteiger partial charge in [0.05, 0.1) is 0 Å². The Morgan fingerprint density at radius 2 is 1.69 bits per heavy atom. The van der Waals surface area contributed by atoms with E-state index in [0.717, 1.165) is 6.42 Å². The van der Waals surface area contributed by atoms with Crippen molar-refractivity contribution in [2.45, 2.75) is 98.4 Å². The Hall–Kier alpha value is -3.01. The quantitative estimate of drug-likeness (QED) is 0.492. The van der Waals surface area contributed by atoms with Gasteiger partial charge in [0.2, 0.25) is 11.8 Å². The van der Waals surface area contributed by atoms with Crippen molar-refractivity contribution in [2.75, 3.05) is 6.54 Å². The molecule has 0 saturated heterocycles. The largest absolute Gasteiger partial charge is 0.444 e. The Balaban J connectivity index is 3.57. The number of nitrogens with one attached hydrogen (secondary N) is 2. The average Bonchev–Trinajstić information content (AvgIpc) is 2.71. The standard InChI is InChI=1S/C28H43N3O4/c1-11-13-18-31(25(33)22(19(3)4)29-26(34)35-28(8,9)10)23(24(32)30-27(5,6)7)21-17-15-14-16-20(21)12-2/h2,14-17,19,22-23H,11,13,18H2,1,3-10H3,(H,29,34)(H,30,32). The molecule has 7 heteroatoms. The van der Waals surface area contributed by atoms with Crippen molar-refractivity contribution in [1.82, 2.24) is 15.5 Å². The fourth-order valence-electron chi connectivity index (χ4n) is 3.58. The van der Waals surface area contributed by atoms with Crippen LogP contribution in [0.15, 0.2) is 24.3 Å². The Morgan fingerprint density at radius 3 is 2.17 bits per heavy atom. The van der Waals surface area contributed by atoms with E-state index in [2.05, 4.69) is 16.6 Å². The highest BCUT2D eigenvalue weighted by Crippen LogP contribution is 2.27. The maximum atomic E-state index is 14.0. The van der Waals surface area contributed by atoms with E-state index in [1.165, 1.54) is 0 Å². The normalized spacial score (nSPS) is 13.4. The third kappa shape index (κ3) is 9.64. The highest BCUT2D eigenvalue weighted by molar-refractivity contribution is 5.93. The Labute approximate surface area is 211 Å². The Kier molecular flexibility index (Phi) is 10.8. The van der Waals surface area contributed by atoms with Crippen LogP contribution in [0.25, 0.3) is 0 Å². The number of benzene rings is 1. The molecule has 0 radical (unpaired) electrons. The molecule has 0 aromatic heterocycles. The molecule has 0 aliphatic carbocycles. The molecule has 0 aliphatic heterocycles. The van der Waals surface area contributed by atoms with Crippen LogP contribution in [-0.2, 0) is 14.3 Å². The van der Waals surface area contributed by atoms with E-state index in [9.17, 15) is 14.4 Å². The lowest BCUT2D eigenvalue weighted by atomic mass is 9.94. The second-order valence-electron chi connectivity index (χ2n) is 11.1. The van der Waals surface area contributed by atoms with E-state index in [1.807, 2.05) is 41.5 Å². The predicted molar refractivity (Wildman–Crippen MR) is 140 cm³/mol. The van der Waals surface area contributed by atoms with Crippen LogP contribution in [0.4, 0.5) is 4.79 Å². The first-order valence-electron chi connectivity index (χ1n) is 12.3. The van der Waals surface area contributed by atoms with Crippen molar-refractivity contribution in [3.63, 3.8) is 0 Å². The Bertz CT molecular complexity index is 919. The van der Waals surface area contributed by atoms with Crippen molar-refractivity contribution < 1.29 is 19.1 Å². The average molecular weight is 486 g/mol. The molecule has 3 amide bonds. The fourth-order valence-corrected chi connectivity index (χ4v) is 3.58. The summed E-state index contributed by atoms with van der Waals surface area (Å²) in [5, 5.41) is 5.73. The van der Waals surface area contributed by atoms with Crippen molar-refractivity contribution in [1.29, 1.82) is 0 Å². The first kappa shape index (κ1) is 30.0. The molecule has 35 heavy (non-hydrogen) atoms. The SMILES string of the molecule is C#Cc1ccccc1C(C(=O)NC(C)(C)C)N(CCCC)C(=O)C(NC(=O)OC(C)(C)C)C(C)C. The van der Waals surface area contributed by atoms with E-state index in [1.54, 1.807) is 49.9 Å². The lowest BCUT2D eigenvalue weighted by Crippen LogP contribution is -2.56. The fraction of sp³-hybridized carbons (Fsp3) is 0.607. The molecule has 0 spiro atoms. The molecule has 0 fully saturated rings. The van der Waals surface area contributed by atoms with Gasteiger partial charge in [0.1, 0.15) is 17.7 Å². The number of nitrogens with zero attached hydrogens (tertiary/aromatic N) is 1. The maximum absolute atomic E-state index is 14.0. The van der Waals surface area contributed by atoms with Gasteiger partial charge < -0.3 is 20.3 Å². The summed E-state index contributed by atoms with van der Waals surface area (Å²) in [5.41, 5.74) is -0.123. The molecule has 7 nitrogen and oxygen atoms in total. The van der Waals surface area contributed by atoms with Gasteiger partial charge >= 0.3 is 6.09 Å². The van der Waals surface area contributed by atoms with Gasteiger partial charge in [0.25, 0.3) is 0 Å². The van der Waals surface area contributed by atoms with Gasteiger partial charge in [-0.3, -0.25) is 9.59 Å². The molecule has 2 unspecified atom stereocenters. The molecule has 0 bridgehead atoms. The van der Waals surface area contributed by atoms with Crippen LogP contribution < -0.4 is 10.6 Å². The highest BCUT2D eigenvalue weighted by Gasteiger charge is 2.38. The van der Waals surface area contributed by atoms with E-state index < -0.39 is 29.3 Å². The van der Waals surface area contributed by atoms with Crippen molar-refractivity contribution in [3.05, 3.63) is 35.4 Å². The van der Waals surface area contributed by atoms with Gasteiger partial charge in [0, 0.05) is 17.6 Å². The number of terminal acetylenes is 1. The summed E-state index contributed by atoms with van der Waals surface area (Å²) in [6.45, 7) is 17.0. The highest BCUT2D eigenvalue weighted by atomic mass is 16.6. The van der Waals surface area contributed by atoms with Gasteiger partial charge in [0.15, 0.2) is 0 Å². The summed E-state index contributed by atoms with van der Waals surface area (Å²) in [6, 6.07) is 5.30. The summed E-state index contributed by atoms with van der Waals surface area (Å²) < 4.78 is 5.40. The monoisotopic (exact) mass is 485 g/mol. The summed E-state index contributed by atoms with van der Waals surface area (Å²) in [4.78, 5) is 41.8. The maximum Gasteiger partial charge on any atom is 0.408 e. The molecule has 0 saturated carbocycles. The first-order chi connectivity index (χ1) is 16.1. The van der Waals surface area contributed by atoms with Gasteiger partial charge in [-0.05, 0) is 65.5 Å². The molecule has 194 valence electrons. The number of unbranched alkanes of at least 4 members (excludes halogenated alkanes) is 1. The number of amides is 3. The third-order valence-electron chi connectivity index (χ3n) is 5.11. The van der Waals surface area contributed by atoms with Gasteiger partial charge in [-0.1, -0.05) is 51.3 Å². The second kappa shape index (κ2) is 12.6. The zero-order chi connectivity index (χ0) is 27.0. The van der Waals surface area contributed by atoms with Crippen molar-refractivity contribution in [2.24, 2.45) is 5.92 Å². The molecule has 0 aliphatic rings. The van der Waals surface area contributed by atoms with Crippen LogP contribution in [0.1, 0.15) is 92.3 Å². The molecule has 1 aromatic carbocycles. The van der Waals surface area contributed by atoms with E-state index >= 15 is 0 Å². The van der Waals surface area contributed by atoms with Gasteiger partial charge in [-0.2, -0.15) is 0 Å². The van der Waals surface area contributed by atoms with Crippen LogP contribution in [0.2, 0.25) is 0 Å². The van der Waals surface area contributed by atoms with Gasteiger partial charge in [-0.15, -0.1) is 6.42 Å². The minimum Gasteiger partial charge on any atom is -0.444 e. The molecule has 1 aromatic rings. The third-order valence-corrected chi connectivity index (χ3v) is 5.11. The van der Waals surface area contributed by atoms with Crippen LogP contribution in [0.3, 0.4) is 0 Å². The van der Waals surface area contributed by atoms with Crippen LogP contribution in [-0.4, -0.2) is 46.5 Å². The summed E-state index contributed by atoms with van der Waals surface area (Å²) in [7, 11) is 0. The number of carbonyl (C=O) groups is 3. The summed E-state index contributed by atoms with van der Waals surface area (Å²) >= 11 is 0. The molecule has 0 heterocycles. The van der Waals surface area contributed by atoms with Gasteiger partial charge in [-0.25, -0.2) is 4.79 Å². The van der Waals surface area contributed by atoms with E-state index in [0.29, 0.717) is 24.1 Å². The summed E-state index contributed by atoms with van der Waals surface area (Å²) in [5.74, 6) is 1.71. The predicted octanol–water partition coefficient (Wildman–Crippen LogP) is 4.80. The number of carbonyl (C=O) groups excluding carboxylic acids is 3. The number of rotatable bonds is 9. The summed E-state index contributed by atoms with van der Waals surface area (Å²) in [6.07, 6.45) is 6.59. The zero-order valence-electron chi connectivity index (χ0n) is 22.8. The number of ether oxygens (including phenoxy) is 1. The topological polar surface area (TPSA) is 87.7 Å². The number of hydrogen-bond acceptors (Lipinski definition) is 4. The van der Waals surface area contributed by atoms with E-state index in [4.69, 9.17) is 11.2 Å². The van der Waals surface area contributed by atoms with Crippen LogP contribution in [0, 0.1) is 18.3 Å². The first-order valence-corrected chi connectivity index (χ1v) is 12.3. The second-order valence-corrected chi connectivity index (χ2v) is 11.1. The van der Waals surface area contributed by atoms with Crippen molar-refractivity contribution >= 4 is 17.9 Å². The smallest absolute Gasteiger partial charge is 0.408 e. The number of alkyl carbamates (subject to hydrolysis) is 1. The van der Waals surface area contributed by atoms with E-state index in [-0.39, 0.29) is 17.7 Å². The number of hydrogen-bond donors (Lipinski definition) is 2. The minimum atomic E-state index is -0.956. The molecular formula is C28H43N3O4. The van der Waals surface area contributed by atoms with Crippen molar-refractivity contribution in [3.8, 4) is 12.3 Å². The minimum absolute atomic E-state index is 0.242. The zero-order valence-corrected chi connectivity index (χ0v) is 22.8. The Morgan fingerprint density at radius 1 is 1.09 bits per heavy atom. The lowest BCUT2D eigenvalue weighted by molar-refractivity contribution is -0.144. The molecular weight excluding hydrogens is 442 g/mol. The molecule has 2 atom stereocenters. The van der Waals surface area contributed by atoms with Crippen LogP contribution >= 0.6 is 0 Å². The lowest BCUT2D eigenvalue weighted by Gasteiger charge is -2.37. The molecule has 1 rings (SSSR count). The molecule has 2 N–H and O–H groups in total.